The van der Waals surface area contributed by atoms with Gasteiger partial charge in [-0.3, -0.25) is 4.79 Å². The molecule has 2 atom stereocenters. The maximum Gasteiger partial charge on any atom is 0.226 e. The molecule has 2 aromatic rings. The summed E-state index contributed by atoms with van der Waals surface area (Å²) in [7, 11) is 0. The quantitative estimate of drug-likeness (QED) is 0.818. The third-order valence-corrected chi connectivity index (χ3v) is 5.04. The van der Waals surface area contributed by atoms with E-state index in [-0.39, 0.29) is 49.0 Å². The SMILES string of the molecule is CC1CNCCC1NC(=O)Cc1csc(-c2cccc(F)c2)n1.Cl.Cl. The van der Waals surface area contributed by atoms with Crippen molar-refractivity contribution in [1.82, 2.24) is 15.6 Å². The summed E-state index contributed by atoms with van der Waals surface area (Å²) in [6, 6.07) is 6.58. The van der Waals surface area contributed by atoms with Crippen molar-refractivity contribution < 1.29 is 9.18 Å². The highest BCUT2D eigenvalue weighted by Crippen LogP contribution is 2.24. The number of carbonyl (C=O) groups is 1. The minimum Gasteiger partial charge on any atom is -0.353 e. The third kappa shape index (κ3) is 5.92. The Morgan fingerprint density at radius 1 is 1.44 bits per heavy atom. The van der Waals surface area contributed by atoms with E-state index in [2.05, 4.69) is 22.5 Å². The molecule has 3 rings (SSSR count). The number of thiazole rings is 1. The maximum atomic E-state index is 13.3. The molecule has 1 fully saturated rings. The number of hydrogen-bond acceptors (Lipinski definition) is 4. The summed E-state index contributed by atoms with van der Waals surface area (Å²) in [4.78, 5) is 16.7. The molecule has 2 N–H and O–H groups in total. The minimum atomic E-state index is -0.281. The lowest BCUT2D eigenvalue weighted by atomic mass is 9.95. The van der Waals surface area contributed by atoms with E-state index in [0.29, 0.717) is 5.92 Å². The van der Waals surface area contributed by atoms with Gasteiger partial charge in [0.2, 0.25) is 5.91 Å². The van der Waals surface area contributed by atoms with Crippen molar-refractivity contribution in [2.45, 2.75) is 25.8 Å². The van der Waals surface area contributed by atoms with Crippen molar-refractivity contribution in [2.24, 2.45) is 5.92 Å². The zero-order valence-electron chi connectivity index (χ0n) is 13.8. The lowest BCUT2D eigenvalue weighted by Gasteiger charge is -2.30. The van der Waals surface area contributed by atoms with Crippen molar-refractivity contribution in [3.63, 3.8) is 0 Å². The van der Waals surface area contributed by atoms with Crippen molar-refractivity contribution in [1.29, 1.82) is 0 Å². The monoisotopic (exact) mass is 405 g/mol. The van der Waals surface area contributed by atoms with Crippen molar-refractivity contribution in [2.75, 3.05) is 13.1 Å². The van der Waals surface area contributed by atoms with Crippen LogP contribution >= 0.6 is 36.2 Å². The molecular formula is C17H22Cl2FN3OS. The van der Waals surface area contributed by atoms with Gasteiger partial charge < -0.3 is 10.6 Å². The fraction of sp³-hybridized carbons (Fsp3) is 0.412. The van der Waals surface area contributed by atoms with E-state index in [1.54, 1.807) is 6.07 Å². The van der Waals surface area contributed by atoms with Crippen LogP contribution in [0.3, 0.4) is 0 Å². The van der Waals surface area contributed by atoms with E-state index in [4.69, 9.17) is 0 Å². The normalized spacial score (nSPS) is 19.4. The van der Waals surface area contributed by atoms with Crippen molar-refractivity contribution >= 4 is 42.1 Å². The predicted octanol–water partition coefficient (Wildman–Crippen LogP) is 3.45. The van der Waals surface area contributed by atoms with E-state index >= 15 is 0 Å². The first-order valence-electron chi connectivity index (χ1n) is 7.82. The van der Waals surface area contributed by atoms with Gasteiger partial charge in [-0.1, -0.05) is 19.1 Å². The summed E-state index contributed by atoms with van der Waals surface area (Å²) < 4.78 is 13.3. The Morgan fingerprint density at radius 3 is 2.96 bits per heavy atom. The Labute approximate surface area is 163 Å². The molecule has 1 amide bonds. The summed E-state index contributed by atoms with van der Waals surface area (Å²) in [5, 5.41) is 9.03. The number of carbonyl (C=O) groups excluding carboxylic acids is 1. The molecule has 1 aliphatic heterocycles. The number of nitrogens with one attached hydrogen (secondary N) is 2. The molecule has 1 aliphatic rings. The van der Waals surface area contributed by atoms with E-state index in [0.717, 1.165) is 35.8 Å². The Hall–Kier alpha value is -1.21. The summed E-state index contributed by atoms with van der Waals surface area (Å²) in [6.45, 7) is 4.02. The van der Waals surface area contributed by atoms with Gasteiger partial charge in [-0.25, -0.2) is 9.37 Å². The maximum absolute atomic E-state index is 13.3. The topological polar surface area (TPSA) is 54.0 Å². The van der Waals surface area contributed by atoms with Crippen LogP contribution in [0.1, 0.15) is 19.0 Å². The number of piperidine rings is 1. The lowest BCUT2D eigenvalue weighted by molar-refractivity contribution is -0.121. The predicted molar refractivity (Wildman–Crippen MR) is 104 cm³/mol. The fourth-order valence-electron chi connectivity index (χ4n) is 2.79. The smallest absolute Gasteiger partial charge is 0.226 e. The first-order valence-corrected chi connectivity index (χ1v) is 8.70. The molecule has 8 heteroatoms. The summed E-state index contributed by atoms with van der Waals surface area (Å²) >= 11 is 1.43. The number of halogens is 3. The number of benzene rings is 1. The molecular weight excluding hydrogens is 384 g/mol. The number of aromatic nitrogens is 1. The molecule has 0 spiro atoms. The van der Waals surface area contributed by atoms with Crippen LogP contribution in [0.5, 0.6) is 0 Å². The highest BCUT2D eigenvalue weighted by Gasteiger charge is 2.22. The van der Waals surface area contributed by atoms with Crippen LogP contribution in [0.4, 0.5) is 4.39 Å². The van der Waals surface area contributed by atoms with E-state index in [1.165, 1.54) is 23.5 Å². The van der Waals surface area contributed by atoms with Gasteiger partial charge in [-0.05, 0) is 37.6 Å². The van der Waals surface area contributed by atoms with Gasteiger partial charge in [-0.2, -0.15) is 0 Å². The van der Waals surface area contributed by atoms with Crippen LogP contribution in [0.25, 0.3) is 10.6 Å². The first-order chi connectivity index (χ1) is 11.1. The lowest BCUT2D eigenvalue weighted by Crippen LogP contribution is -2.48. The molecule has 4 nitrogen and oxygen atoms in total. The van der Waals surface area contributed by atoms with Crippen molar-refractivity contribution in [3.05, 3.63) is 41.2 Å². The van der Waals surface area contributed by atoms with Crippen LogP contribution in [-0.4, -0.2) is 30.0 Å². The van der Waals surface area contributed by atoms with E-state index in [9.17, 15) is 9.18 Å². The molecule has 138 valence electrons. The standard InChI is InChI=1S/C17H20FN3OS.2ClH/c1-11-9-19-6-5-15(11)21-16(22)8-14-10-23-17(20-14)12-3-2-4-13(18)7-12;;/h2-4,7,10-11,15,19H,5-6,8-9H2,1H3,(H,21,22);2*1H. The van der Waals surface area contributed by atoms with Gasteiger partial charge in [0, 0.05) is 17.0 Å². The molecule has 2 unspecified atom stereocenters. The van der Waals surface area contributed by atoms with Gasteiger partial charge in [0.05, 0.1) is 12.1 Å². The van der Waals surface area contributed by atoms with Crippen LogP contribution in [0.2, 0.25) is 0 Å². The Kier molecular flexibility index (Phi) is 8.79. The van der Waals surface area contributed by atoms with E-state index < -0.39 is 0 Å². The molecule has 25 heavy (non-hydrogen) atoms. The zero-order chi connectivity index (χ0) is 16.2. The average molecular weight is 406 g/mol. The minimum absolute atomic E-state index is 0. The highest BCUT2D eigenvalue weighted by molar-refractivity contribution is 7.13. The second-order valence-electron chi connectivity index (χ2n) is 5.98. The molecule has 1 saturated heterocycles. The fourth-order valence-corrected chi connectivity index (χ4v) is 3.61. The Balaban J connectivity index is 0.00000156. The Morgan fingerprint density at radius 2 is 2.24 bits per heavy atom. The van der Waals surface area contributed by atoms with Gasteiger partial charge in [0.25, 0.3) is 0 Å². The average Bonchev–Trinajstić information content (AvgIpc) is 2.98. The van der Waals surface area contributed by atoms with Crippen LogP contribution < -0.4 is 10.6 Å². The zero-order valence-corrected chi connectivity index (χ0v) is 16.3. The van der Waals surface area contributed by atoms with Gasteiger partial charge in [0.15, 0.2) is 0 Å². The number of hydrogen-bond donors (Lipinski definition) is 2. The second kappa shape index (κ2) is 10.1. The molecule has 1 aromatic heterocycles. The van der Waals surface area contributed by atoms with Crippen LogP contribution in [0, 0.1) is 11.7 Å². The number of amides is 1. The number of rotatable bonds is 4. The van der Waals surface area contributed by atoms with Gasteiger partial charge >= 0.3 is 0 Å². The largest absolute Gasteiger partial charge is 0.353 e. The summed E-state index contributed by atoms with van der Waals surface area (Å²) in [5.41, 5.74) is 1.47. The third-order valence-electron chi connectivity index (χ3n) is 4.10. The molecule has 0 saturated carbocycles. The van der Waals surface area contributed by atoms with Crippen LogP contribution in [0.15, 0.2) is 29.6 Å². The molecule has 0 aliphatic carbocycles. The molecule has 0 radical (unpaired) electrons. The van der Waals surface area contributed by atoms with Gasteiger partial charge in [-0.15, -0.1) is 36.2 Å². The molecule has 0 bridgehead atoms. The molecule has 2 heterocycles. The molecule has 1 aromatic carbocycles. The number of nitrogens with zero attached hydrogens (tertiary/aromatic N) is 1. The summed E-state index contributed by atoms with van der Waals surface area (Å²) in [5.74, 6) is 0.155. The Bertz CT molecular complexity index is 698. The van der Waals surface area contributed by atoms with Crippen molar-refractivity contribution in [3.8, 4) is 10.6 Å². The van der Waals surface area contributed by atoms with Gasteiger partial charge in [0.1, 0.15) is 10.8 Å². The van der Waals surface area contributed by atoms with E-state index in [1.807, 2.05) is 11.4 Å². The van der Waals surface area contributed by atoms with Crippen LogP contribution in [-0.2, 0) is 11.2 Å². The first kappa shape index (κ1) is 21.8. The summed E-state index contributed by atoms with van der Waals surface area (Å²) in [6.07, 6.45) is 1.22. The highest BCUT2D eigenvalue weighted by atomic mass is 35.5. The second-order valence-corrected chi connectivity index (χ2v) is 6.83.